The Balaban J connectivity index is 1.73. The molecule has 0 bridgehead atoms. The number of benzene rings is 1. The Morgan fingerprint density at radius 1 is 1.16 bits per heavy atom. The molecule has 0 saturated carbocycles. The van der Waals surface area contributed by atoms with Gasteiger partial charge in [0.1, 0.15) is 0 Å². The minimum absolute atomic E-state index is 0.0768. The van der Waals surface area contributed by atoms with Gasteiger partial charge in [0.25, 0.3) is 0 Å². The Labute approximate surface area is 156 Å². The first-order valence-electron chi connectivity index (χ1n) is 9.39. The number of nitrogens with zero attached hydrogens (tertiary/aromatic N) is 2. The van der Waals surface area contributed by atoms with Gasteiger partial charge >= 0.3 is 6.03 Å². The second-order valence-corrected chi connectivity index (χ2v) is 8.61. The van der Waals surface area contributed by atoms with Gasteiger partial charge in [0.2, 0.25) is 0 Å². The van der Waals surface area contributed by atoms with Gasteiger partial charge in [-0.25, -0.2) is 4.79 Å². The van der Waals surface area contributed by atoms with E-state index in [1.807, 2.05) is 30.9 Å². The van der Waals surface area contributed by atoms with Crippen LogP contribution in [0.2, 0.25) is 5.02 Å². The van der Waals surface area contributed by atoms with Gasteiger partial charge in [-0.2, -0.15) is 0 Å². The maximum absolute atomic E-state index is 12.3. The highest BCUT2D eigenvalue weighted by molar-refractivity contribution is 6.30. The molecule has 0 aliphatic carbocycles. The maximum Gasteiger partial charge on any atom is 0.317 e. The number of carbonyl (C=O) groups is 1. The first kappa shape index (κ1) is 18.5. The van der Waals surface area contributed by atoms with Gasteiger partial charge in [0.05, 0.1) is 0 Å². The third kappa shape index (κ3) is 3.65. The number of piperidine rings is 1. The number of carbonyl (C=O) groups excluding carboxylic acids is 1. The number of halogens is 1. The molecule has 1 aromatic rings. The van der Waals surface area contributed by atoms with Crippen molar-refractivity contribution >= 4 is 17.6 Å². The summed E-state index contributed by atoms with van der Waals surface area (Å²) in [6, 6.07) is 9.54. The van der Waals surface area contributed by atoms with Crippen LogP contribution in [0.3, 0.4) is 0 Å². The van der Waals surface area contributed by atoms with E-state index in [1.54, 1.807) is 0 Å². The molecule has 2 aliphatic rings. The van der Waals surface area contributed by atoms with Crippen LogP contribution in [0, 0.1) is 5.41 Å². The molecule has 2 aliphatic heterocycles. The number of rotatable bonds is 3. The monoisotopic (exact) mass is 363 g/mol. The number of hydrogen-bond donors (Lipinski definition) is 1. The number of nitrogens with one attached hydrogen (secondary N) is 1. The van der Waals surface area contributed by atoms with Crippen molar-refractivity contribution in [3.8, 4) is 0 Å². The van der Waals surface area contributed by atoms with E-state index in [-0.39, 0.29) is 17.5 Å². The molecule has 1 aromatic carbocycles. The van der Waals surface area contributed by atoms with Gasteiger partial charge in [0.15, 0.2) is 0 Å². The molecule has 1 N–H and O–H groups in total. The highest BCUT2D eigenvalue weighted by Gasteiger charge is 2.54. The lowest BCUT2D eigenvalue weighted by molar-refractivity contribution is -0.123. The molecule has 0 aromatic heterocycles. The maximum atomic E-state index is 12.3. The standard InChI is InChI=1S/C20H30ClN3O/c1-14(2)22-19(25)23-11-9-20(10-12-23)13-24(15(3)4)18(20)16-5-7-17(21)8-6-16/h5-8,14-15,18H,9-13H2,1-4H3,(H,22,25). The Bertz CT molecular complexity index is 606. The summed E-state index contributed by atoms with van der Waals surface area (Å²) in [5.41, 5.74) is 1.64. The van der Waals surface area contributed by atoms with Crippen molar-refractivity contribution in [2.45, 2.75) is 58.7 Å². The van der Waals surface area contributed by atoms with Crippen molar-refractivity contribution in [2.75, 3.05) is 19.6 Å². The molecule has 138 valence electrons. The van der Waals surface area contributed by atoms with Crippen molar-refractivity contribution in [1.29, 1.82) is 0 Å². The Morgan fingerprint density at radius 3 is 2.28 bits per heavy atom. The summed E-state index contributed by atoms with van der Waals surface area (Å²) in [5.74, 6) is 0. The molecule has 4 nitrogen and oxygen atoms in total. The second kappa shape index (κ2) is 7.16. The van der Waals surface area contributed by atoms with E-state index < -0.39 is 0 Å². The van der Waals surface area contributed by atoms with Gasteiger partial charge in [-0.15, -0.1) is 0 Å². The van der Waals surface area contributed by atoms with E-state index in [4.69, 9.17) is 11.6 Å². The zero-order chi connectivity index (χ0) is 18.2. The average Bonchev–Trinajstić information content (AvgIpc) is 2.54. The third-order valence-electron chi connectivity index (χ3n) is 5.72. The van der Waals surface area contributed by atoms with Crippen molar-refractivity contribution in [2.24, 2.45) is 5.41 Å². The highest BCUT2D eigenvalue weighted by atomic mass is 35.5. The van der Waals surface area contributed by atoms with E-state index in [0.717, 1.165) is 37.5 Å². The summed E-state index contributed by atoms with van der Waals surface area (Å²) in [4.78, 5) is 16.8. The van der Waals surface area contributed by atoms with E-state index >= 15 is 0 Å². The normalized spacial score (nSPS) is 23.2. The number of hydrogen-bond acceptors (Lipinski definition) is 2. The zero-order valence-corrected chi connectivity index (χ0v) is 16.5. The summed E-state index contributed by atoms with van der Waals surface area (Å²) < 4.78 is 0. The third-order valence-corrected chi connectivity index (χ3v) is 5.97. The SMILES string of the molecule is CC(C)NC(=O)N1CCC2(CC1)CN(C(C)C)C2c1ccc(Cl)cc1. The molecule has 3 rings (SSSR count). The van der Waals surface area contributed by atoms with Gasteiger partial charge in [0, 0.05) is 48.2 Å². The fourth-order valence-corrected chi connectivity index (χ4v) is 4.50. The van der Waals surface area contributed by atoms with Gasteiger partial charge in [-0.1, -0.05) is 23.7 Å². The number of urea groups is 1. The summed E-state index contributed by atoms with van der Waals surface area (Å²) >= 11 is 6.08. The van der Waals surface area contributed by atoms with Crippen LogP contribution in [0.5, 0.6) is 0 Å². The first-order chi connectivity index (χ1) is 11.8. The summed E-state index contributed by atoms with van der Waals surface area (Å²) in [6.45, 7) is 11.3. The second-order valence-electron chi connectivity index (χ2n) is 8.17. The molecule has 1 spiro atoms. The van der Waals surface area contributed by atoms with E-state index in [9.17, 15) is 4.79 Å². The predicted molar refractivity (Wildman–Crippen MR) is 103 cm³/mol. The molecule has 2 amide bonds. The van der Waals surface area contributed by atoms with E-state index in [0.29, 0.717) is 12.1 Å². The Kier molecular flexibility index (Phi) is 5.31. The lowest BCUT2D eigenvalue weighted by Crippen LogP contribution is -2.64. The van der Waals surface area contributed by atoms with Crippen molar-refractivity contribution in [3.63, 3.8) is 0 Å². The van der Waals surface area contributed by atoms with Crippen LogP contribution in [0.25, 0.3) is 0 Å². The lowest BCUT2D eigenvalue weighted by Gasteiger charge is -2.62. The molecule has 2 heterocycles. The van der Waals surface area contributed by atoms with Gasteiger partial charge < -0.3 is 10.2 Å². The smallest absolute Gasteiger partial charge is 0.317 e. The fourth-order valence-electron chi connectivity index (χ4n) is 4.38. The lowest BCUT2D eigenvalue weighted by atomic mass is 9.62. The largest absolute Gasteiger partial charge is 0.336 e. The quantitative estimate of drug-likeness (QED) is 0.868. The van der Waals surface area contributed by atoms with Crippen LogP contribution in [-0.4, -0.2) is 47.5 Å². The molecule has 25 heavy (non-hydrogen) atoms. The molecule has 5 heteroatoms. The Hall–Kier alpha value is -1.26. The van der Waals surface area contributed by atoms with Gasteiger partial charge in [-0.05, 0) is 58.2 Å². The van der Waals surface area contributed by atoms with Crippen molar-refractivity contribution in [3.05, 3.63) is 34.9 Å². The molecule has 0 radical (unpaired) electrons. The van der Waals surface area contributed by atoms with Gasteiger partial charge in [-0.3, -0.25) is 4.90 Å². The van der Waals surface area contributed by atoms with Crippen LogP contribution in [-0.2, 0) is 0 Å². The fraction of sp³-hybridized carbons (Fsp3) is 0.650. The Morgan fingerprint density at radius 2 is 1.76 bits per heavy atom. The molecule has 2 saturated heterocycles. The van der Waals surface area contributed by atoms with Crippen LogP contribution in [0.4, 0.5) is 4.79 Å². The minimum atomic E-state index is 0.0768. The molecular weight excluding hydrogens is 334 g/mol. The summed E-state index contributed by atoms with van der Waals surface area (Å²) in [6.07, 6.45) is 2.13. The van der Waals surface area contributed by atoms with E-state index in [2.05, 4.69) is 36.2 Å². The summed E-state index contributed by atoms with van der Waals surface area (Å²) in [5, 5.41) is 3.80. The van der Waals surface area contributed by atoms with Crippen LogP contribution in [0.15, 0.2) is 24.3 Å². The average molecular weight is 364 g/mol. The topological polar surface area (TPSA) is 35.6 Å². The van der Waals surface area contributed by atoms with Crippen LogP contribution in [0.1, 0.15) is 52.1 Å². The van der Waals surface area contributed by atoms with Crippen LogP contribution >= 0.6 is 11.6 Å². The molecular formula is C20H30ClN3O. The predicted octanol–water partition coefficient (Wildman–Crippen LogP) is 4.31. The summed E-state index contributed by atoms with van der Waals surface area (Å²) in [7, 11) is 0. The first-order valence-corrected chi connectivity index (χ1v) is 9.77. The number of amides is 2. The van der Waals surface area contributed by atoms with Crippen LogP contribution < -0.4 is 5.32 Å². The molecule has 2 fully saturated rings. The van der Waals surface area contributed by atoms with E-state index in [1.165, 1.54) is 5.56 Å². The molecule has 1 unspecified atom stereocenters. The number of likely N-dealkylation sites (tertiary alicyclic amines) is 2. The zero-order valence-electron chi connectivity index (χ0n) is 15.8. The van der Waals surface area contributed by atoms with Crippen molar-refractivity contribution < 1.29 is 4.79 Å². The van der Waals surface area contributed by atoms with Crippen molar-refractivity contribution in [1.82, 2.24) is 15.1 Å². The minimum Gasteiger partial charge on any atom is -0.336 e. The molecule has 1 atom stereocenters. The highest BCUT2D eigenvalue weighted by Crippen LogP contribution is 2.55.